The van der Waals surface area contributed by atoms with Crippen molar-refractivity contribution in [3.05, 3.63) is 95.6 Å². The van der Waals surface area contributed by atoms with Gasteiger partial charge in [0.25, 0.3) is 5.91 Å². The highest BCUT2D eigenvalue weighted by molar-refractivity contribution is 7.89. The van der Waals surface area contributed by atoms with Crippen LogP contribution in [0.4, 0.5) is 0 Å². The number of amides is 1. The molecule has 5 N–H and O–H groups in total. The third-order valence-electron chi connectivity index (χ3n) is 5.69. The van der Waals surface area contributed by atoms with Crippen molar-refractivity contribution in [1.82, 2.24) is 4.90 Å². The van der Waals surface area contributed by atoms with Crippen LogP contribution in [0.3, 0.4) is 0 Å². The Morgan fingerprint density at radius 2 is 1.52 bits per heavy atom. The Morgan fingerprint density at radius 3 is 2.06 bits per heavy atom. The van der Waals surface area contributed by atoms with Crippen molar-refractivity contribution < 1.29 is 13.2 Å². The Labute approximate surface area is 192 Å². The molecule has 1 aliphatic heterocycles. The summed E-state index contributed by atoms with van der Waals surface area (Å²) in [6.45, 7) is 1.11. The standard InChI is InChI=1S/C25H24N4O3S/c26-24(27)22-3-1-2-21(16-22)19-12-14-29(15-13-19)25(30)20-6-4-17(5-7-20)18-8-10-23(11-9-18)33(28,31)32/h1-12,16H,13-15H2,(H3,26,27)(H2,28,31,32). The molecule has 1 amide bonds. The molecule has 7 nitrogen and oxygen atoms in total. The molecule has 0 fully saturated rings. The van der Waals surface area contributed by atoms with Gasteiger partial charge in [0.1, 0.15) is 5.84 Å². The van der Waals surface area contributed by atoms with Gasteiger partial charge in [0.15, 0.2) is 0 Å². The van der Waals surface area contributed by atoms with Crippen molar-refractivity contribution in [1.29, 1.82) is 5.41 Å². The number of carbonyl (C=O) groups is 1. The molecule has 168 valence electrons. The van der Waals surface area contributed by atoms with Gasteiger partial charge in [0.2, 0.25) is 10.0 Å². The molecule has 0 aliphatic carbocycles. The Morgan fingerprint density at radius 1 is 0.879 bits per heavy atom. The van der Waals surface area contributed by atoms with Crippen molar-refractivity contribution in [2.45, 2.75) is 11.3 Å². The highest BCUT2D eigenvalue weighted by Gasteiger charge is 2.19. The van der Waals surface area contributed by atoms with Crippen LogP contribution < -0.4 is 10.9 Å². The molecule has 33 heavy (non-hydrogen) atoms. The summed E-state index contributed by atoms with van der Waals surface area (Å²) in [4.78, 5) is 14.8. The number of rotatable bonds is 5. The minimum absolute atomic E-state index is 0.0360. The topological polar surface area (TPSA) is 130 Å². The average molecular weight is 461 g/mol. The summed E-state index contributed by atoms with van der Waals surface area (Å²) in [5, 5.41) is 12.8. The van der Waals surface area contributed by atoms with Crippen LogP contribution in [0.1, 0.15) is 27.9 Å². The number of nitrogens with zero attached hydrogens (tertiary/aromatic N) is 1. The number of sulfonamides is 1. The lowest BCUT2D eigenvalue weighted by molar-refractivity contribution is 0.0773. The summed E-state index contributed by atoms with van der Waals surface area (Å²) in [5.41, 5.74) is 10.7. The number of primary sulfonamides is 1. The lowest BCUT2D eigenvalue weighted by Gasteiger charge is -2.27. The predicted molar refractivity (Wildman–Crippen MR) is 129 cm³/mol. The zero-order chi connectivity index (χ0) is 23.6. The first kappa shape index (κ1) is 22.4. The van der Waals surface area contributed by atoms with Crippen LogP contribution >= 0.6 is 0 Å². The fourth-order valence-electron chi connectivity index (χ4n) is 3.83. The van der Waals surface area contributed by atoms with Crippen molar-refractivity contribution in [3.63, 3.8) is 0 Å². The third kappa shape index (κ3) is 5.02. The van der Waals surface area contributed by atoms with E-state index in [4.69, 9.17) is 16.3 Å². The highest BCUT2D eigenvalue weighted by atomic mass is 32.2. The van der Waals surface area contributed by atoms with Gasteiger partial charge in [-0.05, 0) is 59.0 Å². The van der Waals surface area contributed by atoms with Crippen LogP contribution in [0.2, 0.25) is 0 Å². The SMILES string of the molecule is N=C(N)c1cccc(C2=CCN(C(=O)c3ccc(-c4ccc(S(N)(=O)=O)cc4)cc3)CC2)c1. The molecule has 0 atom stereocenters. The van der Waals surface area contributed by atoms with E-state index in [2.05, 4.69) is 0 Å². The van der Waals surface area contributed by atoms with Gasteiger partial charge in [0.05, 0.1) is 4.90 Å². The van der Waals surface area contributed by atoms with Crippen LogP contribution in [0, 0.1) is 5.41 Å². The van der Waals surface area contributed by atoms with E-state index in [1.54, 1.807) is 29.2 Å². The Balaban J connectivity index is 1.45. The maximum atomic E-state index is 13.0. The van der Waals surface area contributed by atoms with Crippen LogP contribution in [0.15, 0.2) is 83.8 Å². The normalized spacial score (nSPS) is 14.0. The molecule has 1 heterocycles. The van der Waals surface area contributed by atoms with Crippen molar-refractivity contribution in [2.24, 2.45) is 10.9 Å². The number of carbonyl (C=O) groups excluding carboxylic acids is 1. The number of nitrogens with one attached hydrogen (secondary N) is 1. The van der Waals surface area contributed by atoms with Crippen LogP contribution in [-0.4, -0.2) is 38.2 Å². The maximum absolute atomic E-state index is 13.0. The molecule has 0 saturated carbocycles. The van der Waals surface area contributed by atoms with Gasteiger partial charge < -0.3 is 10.6 Å². The second kappa shape index (κ2) is 9.01. The van der Waals surface area contributed by atoms with Gasteiger partial charge >= 0.3 is 0 Å². The first-order valence-electron chi connectivity index (χ1n) is 10.4. The zero-order valence-electron chi connectivity index (χ0n) is 17.9. The van der Waals surface area contributed by atoms with E-state index in [0.29, 0.717) is 24.2 Å². The second-order valence-electron chi connectivity index (χ2n) is 7.87. The summed E-state index contributed by atoms with van der Waals surface area (Å²) in [6, 6.07) is 21.1. The van der Waals surface area contributed by atoms with Crippen molar-refractivity contribution in [2.75, 3.05) is 13.1 Å². The quantitative estimate of drug-likeness (QED) is 0.399. The molecule has 0 saturated heterocycles. The molecule has 0 radical (unpaired) electrons. The monoisotopic (exact) mass is 460 g/mol. The number of hydrogen-bond donors (Lipinski definition) is 3. The molecule has 0 spiro atoms. The molecular weight excluding hydrogens is 436 g/mol. The third-order valence-corrected chi connectivity index (χ3v) is 6.62. The van der Waals surface area contributed by atoms with Gasteiger partial charge in [-0.2, -0.15) is 0 Å². The van der Waals surface area contributed by atoms with Gasteiger partial charge in [0, 0.05) is 24.2 Å². The van der Waals surface area contributed by atoms with Crippen molar-refractivity contribution >= 4 is 27.3 Å². The summed E-state index contributed by atoms with van der Waals surface area (Å²) in [5.74, 6) is -0.00669. The summed E-state index contributed by atoms with van der Waals surface area (Å²) in [6.07, 6.45) is 2.77. The summed E-state index contributed by atoms with van der Waals surface area (Å²) in [7, 11) is -3.73. The Kier molecular flexibility index (Phi) is 6.13. The smallest absolute Gasteiger partial charge is 0.254 e. The molecule has 1 aliphatic rings. The number of nitrogens with two attached hydrogens (primary N) is 2. The molecule has 3 aromatic carbocycles. The molecule has 3 aromatic rings. The van der Waals surface area contributed by atoms with Gasteiger partial charge in [-0.1, -0.05) is 48.5 Å². The zero-order valence-corrected chi connectivity index (χ0v) is 18.7. The molecule has 0 aromatic heterocycles. The molecule has 0 unspecified atom stereocenters. The molecule has 4 rings (SSSR count). The number of amidine groups is 1. The fraction of sp³-hybridized carbons (Fsp3) is 0.120. The second-order valence-corrected chi connectivity index (χ2v) is 9.43. The largest absolute Gasteiger partial charge is 0.384 e. The van der Waals surface area contributed by atoms with Crippen LogP contribution in [0.5, 0.6) is 0 Å². The van der Waals surface area contributed by atoms with Gasteiger partial charge in [-0.25, -0.2) is 13.6 Å². The average Bonchev–Trinajstić information content (AvgIpc) is 2.83. The Bertz CT molecular complexity index is 1350. The Hall–Kier alpha value is -3.75. The van der Waals surface area contributed by atoms with Crippen molar-refractivity contribution in [3.8, 4) is 11.1 Å². The molecule has 0 bridgehead atoms. The van der Waals surface area contributed by atoms with E-state index in [1.165, 1.54) is 12.1 Å². The van der Waals surface area contributed by atoms with Gasteiger partial charge in [-0.3, -0.25) is 10.2 Å². The van der Waals surface area contributed by atoms with Gasteiger partial charge in [-0.15, -0.1) is 0 Å². The minimum Gasteiger partial charge on any atom is -0.384 e. The van der Waals surface area contributed by atoms with Crippen LogP contribution in [0.25, 0.3) is 16.7 Å². The summed E-state index contributed by atoms with van der Waals surface area (Å²) < 4.78 is 22.8. The number of benzene rings is 3. The first-order valence-corrected chi connectivity index (χ1v) is 11.9. The van der Waals surface area contributed by atoms with E-state index < -0.39 is 10.0 Å². The lowest BCUT2D eigenvalue weighted by atomic mass is 9.97. The van der Waals surface area contributed by atoms with E-state index in [9.17, 15) is 13.2 Å². The first-order chi connectivity index (χ1) is 15.7. The van der Waals surface area contributed by atoms with E-state index >= 15 is 0 Å². The minimum atomic E-state index is -3.73. The fourth-order valence-corrected chi connectivity index (χ4v) is 4.34. The van der Waals surface area contributed by atoms with E-state index in [0.717, 1.165) is 28.7 Å². The highest BCUT2D eigenvalue weighted by Crippen LogP contribution is 2.25. The molecular formula is C25H24N4O3S. The van der Waals surface area contributed by atoms with E-state index in [-0.39, 0.29) is 16.6 Å². The van der Waals surface area contributed by atoms with E-state index in [1.807, 2.05) is 42.5 Å². The maximum Gasteiger partial charge on any atom is 0.254 e. The summed E-state index contributed by atoms with van der Waals surface area (Å²) >= 11 is 0. The predicted octanol–water partition coefficient (Wildman–Crippen LogP) is 3.21. The lowest BCUT2D eigenvalue weighted by Crippen LogP contribution is -2.34. The van der Waals surface area contributed by atoms with Crippen LogP contribution in [-0.2, 0) is 10.0 Å². The number of hydrogen-bond acceptors (Lipinski definition) is 4. The molecule has 8 heteroatoms. The number of nitrogen functional groups attached to an aromatic ring is 1.